The summed E-state index contributed by atoms with van der Waals surface area (Å²) >= 11 is 6.01. The second-order valence-corrected chi connectivity index (χ2v) is 4.06. The highest BCUT2D eigenvalue weighted by atomic mass is 35.5. The highest BCUT2D eigenvalue weighted by molar-refractivity contribution is 6.31. The number of hydrogen-bond acceptors (Lipinski definition) is 3. The first-order chi connectivity index (χ1) is 8.20. The molecule has 0 aliphatic heterocycles. The molecule has 1 aromatic carbocycles. The van der Waals surface area contributed by atoms with E-state index in [1.807, 2.05) is 31.2 Å². The highest BCUT2D eigenvalue weighted by Crippen LogP contribution is 2.29. The lowest BCUT2D eigenvalue weighted by Crippen LogP contribution is -1.93. The van der Waals surface area contributed by atoms with E-state index in [9.17, 15) is 0 Å². The lowest BCUT2D eigenvalue weighted by Gasteiger charge is -2.09. The van der Waals surface area contributed by atoms with Crippen molar-refractivity contribution in [2.24, 2.45) is 0 Å². The number of halogens is 1. The fraction of sp³-hybridized carbons (Fsp3) is 0.154. The Bertz CT molecular complexity index is 529. The average molecular weight is 250 g/mol. The molecule has 3 nitrogen and oxygen atoms in total. The van der Waals surface area contributed by atoms with Gasteiger partial charge >= 0.3 is 0 Å². The molecule has 0 saturated heterocycles. The van der Waals surface area contributed by atoms with Crippen LogP contribution in [0.2, 0.25) is 5.02 Å². The van der Waals surface area contributed by atoms with Crippen molar-refractivity contribution < 1.29 is 9.84 Å². The van der Waals surface area contributed by atoms with E-state index in [1.165, 1.54) is 0 Å². The van der Waals surface area contributed by atoms with Crippen LogP contribution in [0.1, 0.15) is 11.1 Å². The fourth-order valence-corrected chi connectivity index (χ4v) is 1.63. The maximum Gasteiger partial charge on any atom is 0.238 e. The summed E-state index contributed by atoms with van der Waals surface area (Å²) in [6.45, 7) is 1.86. The molecule has 0 aliphatic rings. The molecule has 0 amide bonds. The third-order valence-corrected chi connectivity index (χ3v) is 2.62. The van der Waals surface area contributed by atoms with Crippen molar-refractivity contribution in [1.82, 2.24) is 4.98 Å². The first-order valence-electron chi connectivity index (χ1n) is 5.19. The summed E-state index contributed by atoms with van der Waals surface area (Å²) in [4.78, 5) is 4.07. The van der Waals surface area contributed by atoms with Crippen LogP contribution in [0, 0.1) is 6.92 Å². The molecule has 1 heterocycles. The molecule has 17 heavy (non-hydrogen) atoms. The van der Waals surface area contributed by atoms with Gasteiger partial charge < -0.3 is 9.84 Å². The summed E-state index contributed by atoms with van der Waals surface area (Å²) < 4.78 is 5.61. The Kier molecular flexibility index (Phi) is 3.61. The molecule has 0 unspecified atom stereocenters. The number of pyridine rings is 1. The largest absolute Gasteiger partial charge is 0.437 e. The van der Waals surface area contributed by atoms with Crippen LogP contribution in [0.5, 0.6) is 11.6 Å². The van der Waals surface area contributed by atoms with Crippen LogP contribution < -0.4 is 4.74 Å². The number of aromatic nitrogens is 1. The Morgan fingerprint density at radius 3 is 2.76 bits per heavy atom. The zero-order valence-electron chi connectivity index (χ0n) is 9.35. The van der Waals surface area contributed by atoms with E-state index in [2.05, 4.69) is 4.98 Å². The number of aliphatic hydroxyl groups is 1. The van der Waals surface area contributed by atoms with Crippen LogP contribution in [0.4, 0.5) is 0 Å². The predicted molar refractivity (Wildman–Crippen MR) is 66.4 cm³/mol. The smallest absolute Gasteiger partial charge is 0.238 e. The van der Waals surface area contributed by atoms with Gasteiger partial charge in [-0.05, 0) is 30.2 Å². The van der Waals surface area contributed by atoms with Crippen molar-refractivity contribution in [3.8, 4) is 11.6 Å². The number of aryl methyl sites for hydroxylation is 1. The minimum absolute atomic E-state index is 0.0859. The number of ether oxygens (including phenoxy) is 1. The highest BCUT2D eigenvalue weighted by Gasteiger charge is 2.07. The summed E-state index contributed by atoms with van der Waals surface area (Å²) in [7, 11) is 0. The summed E-state index contributed by atoms with van der Waals surface area (Å²) in [6, 6.07) is 9.27. The summed E-state index contributed by atoms with van der Waals surface area (Å²) in [6.07, 6.45) is 1.54. The number of rotatable bonds is 3. The minimum atomic E-state index is -0.0859. The van der Waals surface area contributed by atoms with Crippen molar-refractivity contribution in [2.75, 3.05) is 0 Å². The van der Waals surface area contributed by atoms with Crippen molar-refractivity contribution in [1.29, 1.82) is 0 Å². The van der Waals surface area contributed by atoms with Crippen LogP contribution in [0.15, 0.2) is 36.5 Å². The molecule has 1 N–H and O–H groups in total. The molecule has 0 bridgehead atoms. The number of aliphatic hydroxyl groups excluding tert-OH is 1. The van der Waals surface area contributed by atoms with Crippen molar-refractivity contribution in [3.63, 3.8) is 0 Å². The molecule has 2 aromatic rings. The van der Waals surface area contributed by atoms with E-state index in [-0.39, 0.29) is 6.61 Å². The van der Waals surface area contributed by atoms with Crippen LogP contribution in [0.3, 0.4) is 0 Å². The lowest BCUT2D eigenvalue weighted by atomic mass is 10.2. The Morgan fingerprint density at radius 1 is 1.35 bits per heavy atom. The number of para-hydroxylation sites is 1. The Labute approximate surface area is 105 Å². The first kappa shape index (κ1) is 11.9. The number of benzene rings is 1. The third-order valence-electron chi connectivity index (χ3n) is 2.35. The molecular formula is C13H12ClNO2. The Morgan fingerprint density at radius 2 is 2.12 bits per heavy atom. The number of hydrogen-bond donors (Lipinski definition) is 1. The van der Waals surface area contributed by atoms with Crippen molar-refractivity contribution in [2.45, 2.75) is 13.5 Å². The second-order valence-electron chi connectivity index (χ2n) is 3.66. The maximum atomic E-state index is 8.95. The van der Waals surface area contributed by atoms with Gasteiger partial charge in [0.05, 0.1) is 6.61 Å². The molecular weight excluding hydrogens is 238 g/mol. The molecule has 0 fully saturated rings. The van der Waals surface area contributed by atoms with E-state index in [1.54, 1.807) is 12.3 Å². The molecule has 4 heteroatoms. The van der Waals surface area contributed by atoms with Gasteiger partial charge in [0.1, 0.15) is 10.8 Å². The zero-order valence-corrected chi connectivity index (χ0v) is 10.1. The third kappa shape index (κ3) is 2.75. The van der Waals surface area contributed by atoms with Crippen LogP contribution in [-0.4, -0.2) is 10.1 Å². The monoisotopic (exact) mass is 249 g/mol. The van der Waals surface area contributed by atoms with Gasteiger partial charge in [-0.1, -0.05) is 29.8 Å². The van der Waals surface area contributed by atoms with E-state index < -0.39 is 0 Å². The van der Waals surface area contributed by atoms with Crippen molar-refractivity contribution >= 4 is 11.6 Å². The molecule has 0 saturated carbocycles. The first-order valence-corrected chi connectivity index (χ1v) is 5.57. The van der Waals surface area contributed by atoms with Gasteiger partial charge in [-0.15, -0.1) is 0 Å². The molecule has 2 rings (SSSR count). The summed E-state index contributed by atoms with van der Waals surface area (Å²) in [5.74, 6) is 1.07. The molecule has 0 aliphatic carbocycles. The predicted octanol–water partition coefficient (Wildman–Crippen LogP) is 3.33. The quantitative estimate of drug-likeness (QED) is 0.907. The zero-order chi connectivity index (χ0) is 12.3. The molecule has 0 spiro atoms. The molecule has 0 atom stereocenters. The fourth-order valence-electron chi connectivity index (χ4n) is 1.40. The lowest BCUT2D eigenvalue weighted by molar-refractivity contribution is 0.281. The van der Waals surface area contributed by atoms with Gasteiger partial charge in [0.15, 0.2) is 0 Å². The van der Waals surface area contributed by atoms with Gasteiger partial charge in [-0.3, -0.25) is 0 Å². The van der Waals surface area contributed by atoms with Crippen molar-refractivity contribution in [3.05, 3.63) is 52.7 Å². The molecule has 88 valence electrons. The van der Waals surface area contributed by atoms with E-state index >= 15 is 0 Å². The van der Waals surface area contributed by atoms with E-state index in [0.29, 0.717) is 16.5 Å². The Balaban J connectivity index is 2.28. The maximum absolute atomic E-state index is 8.95. The topological polar surface area (TPSA) is 42.4 Å². The molecule has 1 aromatic heterocycles. The minimum Gasteiger partial charge on any atom is -0.437 e. The van der Waals surface area contributed by atoms with Gasteiger partial charge in [0.2, 0.25) is 5.88 Å². The number of nitrogens with zero attached hydrogens (tertiary/aromatic N) is 1. The van der Waals surface area contributed by atoms with Gasteiger partial charge in [0, 0.05) is 6.20 Å². The van der Waals surface area contributed by atoms with Gasteiger partial charge in [-0.2, -0.15) is 0 Å². The van der Waals surface area contributed by atoms with Crippen LogP contribution in [-0.2, 0) is 6.61 Å². The van der Waals surface area contributed by atoms with E-state index in [4.69, 9.17) is 21.4 Å². The summed E-state index contributed by atoms with van der Waals surface area (Å²) in [5.41, 5.74) is 1.67. The van der Waals surface area contributed by atoms with Crippen LogP contribution in [0.25, 0.3) is 0 Å². The Hall–Kier alpha value is -1.58. The second kappa shape index (κ2) is 5.17. The summed E-state index contributed by atoms with van der Waals surface area (Å²) in [5, 5.41) is 9.34. The van der Waals surface area contributed by atoms with Crippen LogP contribution >= 0.6 is 11.6 Å². The average Bonchev–Trinajstić information content (AvgIpc) is 2.34. The normalized spacial score (nSPS) is 10.3. The van der Waals surface area contributed by atoms with Gasteiger partial charge in [0.25, 0.3) is 0 Å². The van der Waals surface area contributed by atoms with E-state index in [0.717, 1.165) is 11.3 Å². The SMILES string of the molecule is Cc1ccccc1Oc1ncc(CO)cc1Cl. The molecule has 0 radical (unpaired) electrons. The standard InChI is InChI=1S/C13H12ClNO2/c1-9-4-2-3-5-12(9)17-13-11(14)6-10(8-16)7-15-13/h2-7,16H,8H2,1H3. The van der Waals surface area contributed by atoms with Gasteiger partial charge in [-0.25, -0.2) is 4.98 Å².